The lowest BCUT2D eigenvalue weighted by molar-refractivity contribution is 0.102. The second-order valence-corrected chi connectivity index (χ2v) is 4.37. The average Bonchev–Trinajstić information content (AvgIpc) is 2.46. The van der Waals surface area contributed by atoms with E-state index in [1.54, 1.807) is 25.1 Å². The molecule has 0 bridgehead atoms. The Bertz CT molecular complexity index is 765. The average molecular weight is 286 g/mol. The van der Waals surface area contributed by atoms with Gasteiger partial charge in [-0.25, -0.2) is 0 Å². The molecule has 0 radical (unpaired) electrons. The quantitative estimate of drug-likeness (QED) is 0.291. The molecule has 0 saturated carbocycles. The van der Waals surface area contributed by atoms with Crippen molar-refractivity contribution in [1.82, 2.24) is 4.98 Å². The van der Waals surface area contributed by atoms with Crippen LogP contribution in [0.15, 0.2) is 46.3 Å². The molecule has 1 aromatic heterocycles. The highest BCUT2D eigenvalue weighted by molar-refractivity contribution is 6.09. The van der Waals surface area contributed by atoms with E-state index < -0.39 is 5.91 Å². The number of pyridine rings is 1. The van der Waals surface area contributed by atoms with Crippen LogP contribution in [0.25, 0.3) is 0 Å². The third-order valence-corrected chi connectivity index (χ3v) is 2.90. The van der Waals surface area contributed by atoms with Crippen molar-refractivity contribution in [3.63, 3.8) is 0 Å². The van der Waals surface area contributed by atoms with E-state index in [0.717, 1.165) is 5.56 Å². The van der Waals surface area contributed by atoms with Gasteiger partial charge in [-0.15, -0.1) is 0 Å². The Hall–Kier alpha value is -3.09. The number of rotatable bonds is 3. The van der Waals surface area contributed by atoms with E-state index >= 15 is 0 Å². The number of carbonyl (C=O) groups excluding carboxylic acids is 1. The van der Waals surface area contributed by atoms with Crippen LogP contribution in [0.1, 0.15) is 21.6 Å². The minimum atomic E-state index is -0.495. The predicted molar refractivity (Wildman–Crippen MR) is 78.7 cm³/mol. The summed E-state index contributed by atoms with van der Waals surface area (Å²) in [6.07, 6.45) is 0. The summed E-state index contributed by atoms with van der Waals surface area (Å²) in [6.45, 7) is 1.77. The van der Waals surface area contributed by atoms with Crippen LogP contribution in [0.2, 0.25) is 0 Å². The van der Waals surface area contributed by atoms with E-state index in [1.165, 1.54) is 18.2 Å². The van der Waals surface area contributed by atoms with Crippen LogP contribution in [-0.4, -0.2) is 21.9 Å². The molecule has 2 aromatic rings. The lowest BCUT2D eigenvalue weighted by Gasteiger charge is -2.12. The fourth-order valence-electron chi connectivity index (χ4n) is 1.93. The summed E-state index contributed by atoms with van der Waals surface area (Å²) < 4.78 is 0. The Kier molecular flexibility index (Phi) is 4.03. The fourth-order valence-corrected chi connectivity index (χ4v) is 1.93. The van der Waals surface area contributed by atoms with Gasteiger partial charge < -0.3 is 21.2 Å². The van der Waals surface area contributed by atoms with E-state index in [4.69, 9.17) is 10.9 Å². The van der Waals surface area contributed by atoms with Crippen LogP contribution < -0.4 is 16.6 Å². The molecule has 0 fully saturated rings. The maximum absolute atomic E-state index is 12.1. The van der Waals surface area contributed by atoms with Crippen LogP contribution in [0.4, 0.5) is 5.69 Å². The Morgan fingerprint density at radius 2 is 2.00 bits per heavy atom. The predicted octanol–water partition coefficient (Wildman–Crippen LogP) is 1.03. The molecule has 108 valence electrons. The van der Waals surface area contributed by atoms with Gasteiger partial charge in [0, 0.05) is 11.6 Å². The molecule has 0 spiro atoms. The number of anilines is 1. The monoisotopic (exact) mass is 286 g/mol. The number of aromatic nitrogens is 1. The summed E-state index contributed by atoms with van der Waals surface area (Å²) in [5.74, 6) is -0.602. The van der Waals surface area contributed by atoms with Crippen LogP contribution in [0, 0.1) is 6.92 Å². The zero-order chi connectivity index (χ0) is 15.4. The lowest BCUT2D eigenvalue weighted by atomic mass is 10.1. The largest absolute Gasteiger partial charge is 0.409 e. The van der Waals surface area contributed by atoms with Gasteiger partial charge in [0.25, 0.3) is 5.91 Å². The smallest absolute Gasteiger partial charge is 0.272 e. The molecule has 2 rings (SSSR count). The Morgan fingerprint density at radius 1 is 1.29 bits per heavy atom. The Morgan fingerprint density at radius 3 is 2.67 bits per heavy atom. The highest BCUT2D eigenvalue weighted by atomic mass is 16.4. The number of hydrogen-bond acceptors (Lipinski definition) is 4. The molecule has 1 heterocycles. The first-order valence-electron chi connectivity index (χ1n) is 6.11. The second-order valence-electron chi connectivity index (χ2n) is 4.37. The van der Waals surface area contributed by atoms with E-state index in [-0.39, 0.29) is 17.1 Å². The van der Waals surface area contributed by atoms with Gasteiger partial charge in [-0.2, -0.15) is 0 Å². The van der Waals surface area contributed by atoms with E-state index in [9.17, 15) is 9.59 Å². The van der Waals surface area contributed by atoms with Crippen molar-refractivity contribution in [2.75, 3.05) is 5.32 Å². The minimum Gasteiger partial charge on any atom is -0.409 e. The first-order chi connectivity index (χ1) is 10.0. The molecule has 0 atom stereocenters. The van der Waals surface area contributed by atoms with Gasteiger partial charge in [0.1, 0.15) is 5.69 Å². The number of aryl methyl sites for hydroxylation is 1. The minimum absolute atomic E-state index is 0.107. The van der Waals surface area contributed by atoms with Gasteiger partial charge >= 0.3 is 0 Å². The summed E-state index contributed by atoms with van der Waals surface area (Å²) in [6, 6.07) is 9.40. The summed E-state index contributed by atoms with van der Waals surface area (Å²) in [4.78, 5) is 25.8. The standard InChI is InChI=1S/C14H14N4O3/c1-8-4-2-5-9(12(8)13(15)18-21)17-14(20)10-6-3-7-11(19)16-10/h2-7,21H,1H3,(H2,15,18)(H,16,19)(H,17,20). The highest BCUT2D eigenvalue weighted by Crippen LogP contribution is 2.19. The normalized spacial score (nSPS) is 11.2. The zero-order valence-corrected chi connectivity index (χ0v) is 11.3. The molecule has 1 amide bonds. The number of nitrogens with zero attached hydrogens (tertiary/aromatic N) is 1. The van der Waals surface area contributed by atoms with Gasteiger partial charge in [-0.1, -0.05) is 23.4 Å². The number of amidine groups is 1. The number of amides is 1. The highest BCUT2D eigenvalue weighted by Gasteiger charge is 2.14. The van der Waals surface area contributed by atoms with Gasteiger partial charge in [-0.3, -0.25) is 9.59 Å². The summed E-state index contributed by atoms with van der Waals surface area (Å²) >= 11 is 0. The van der Waals surface area contributed by atoms with Crippen molar-refractivity contribution in [1.29, 1.82) is 0 Å². The van der Waals surface area contributed by atoms with Crippen molar-refractivity contribution in [3.05, 3.63) is 63.6 Å². The van der Waals surface area contributed by atoms with Gasteiger partial charge in [0.2, 0.25) is 5.56 Å². The molecule has 0 saturated heterocycles. The SMILES string of the molecule is Cc1cccc(NC(=O)c2cccc(=O)[nH]2)c1/C(N)=N/O. The van der Waals surface area contributed by atoms with Crippen molar-refractivity contribution in [2.24, 2.45) is 10.9 Å². The number of benzene rings is 1. The van der Waals surface area contributed by atoms with Crippen LogP contribution in [0.5, 0.6) is 0 Å². The Balaban J connectivity index is 2.38. The number of aromatic amines is 1. The molecule has 0 aliphatic rings. The van der Waals surface area contributed by atoms with Crippen molar-refractivity contribution in [2.45, 2.75) is 6.92 Å². The lowest BCUT2D eigenvalue weighted by Crippen LogP contribution is -2.22. The maximum Gasteiger partial charge on any atom is 0.272 e. The van der Waals surface area contributed by atoms with Crippen molar-refractivity contribution < 1.29 is 10.0 Å². The molecular formula is C14H14N4O3. The first kappa shape index (κ1) is 14.3. The third-order valence-electron chi connectivity index (χ3n) is 2.90. The number of H-pyrrole nitrogens is 1. The molecule has 1 aromatic carbocycles. The number of oxime groups is 1. The van der Waals surface area contributed by atoms with Crippen molar-refractivity contribution >= 4 is 17.4 Å². The topological polar surface area (TPSA) is 121 Å². The molecule has 5 N–H and O–H groups in total. The van der Waals surface area contributed by atoms with Crippen LogP contribution in [-0.2, 0) is 0 Å². The van der Waals surface area contributed by atoms with Crippen LogP contribution in [0.3, 0.4) is 0 Å². The van der Waals surface area contributed by atoms with E-state index in [1.807, 2.05) is 0 Å². The summed E-state index contributed by atoms with van der Waals surface area (Å²) in [5, 5.41) is 14.4. The number of nitrogens with one attached hydrogen (secondary N) is 2. The number of hydrogen-bond donors (Lipinski definition) is 4. The summed E-state index contributed by atoms with van der Waals surface area (Å²) in [7, 11) is 0. The molecule has 0 aliphatic heterocycles. The molecule has 0 unspecified atom stereocenters. The molecule has 0 aliphatic carbocycles. The van der Waals surface area contributed by atoms with Gasteiger partial charge in [0.05, 0.1) is 5.69 Å². The molecular weight excluding hydrogens is 272 g/mol. The first-order valence-corrected chi connectivity index (χ1v) is 6.11. The number of nitrogens with two attached hydrogens (primary N) is 1. The van der Waals surface area contributed by atoms with E-state index in [2.05, 4.69) is 15.5 Å². The zero-order valence-electron chi connectivity index (χ0n) is 11.3. The van der Waals surface area contributed by atoms with E-state index in [0.29, 0.717) is 11.3 Å². The molecule has 21 heavy (non-hydrogen) atoms. The van der Waals surface area contributed by atoms with Gasteiger partial charge in [0.15, 0.2) is 5.84 Å². The Labute approximate surface area is 120 Å². The van der Waals surface area contributed by atoms with Gasteiger partial charge in [-0.05, 0) is 24.6 Å². The molecule has 7 heteroatoms. The fraction of sp³-hybridized carbons (Fsp3) is 0.0714. The van der Waals surface area contributed by atoms with Crippen molar-refractivity contribution in [3.8, 4) is 0 Å². The van der Waals surface area contributed by atoms with Crippen LogP contribution >= 0.6 is 0 Å². The second kappa shape index (κ2) is 5.91. The molecule has 7 nitrogen and oxygen atoms in total. The third kappa shape index (κ3) is 3.08. The maximum atomic E-state index is 12.1. The number of carbonyl (C=O) groups is 1. The summed E-state index contributed by atoms with van der Waals surface area (Å²) in [5.41, 5.74) is 6.93.